The molecule has 0 radical (unpaired) electrons. The minimum Gasteiger partial charge on any atom is -0.467 e. The largest absolute Gasteiger partial charge is 0.467 e. The number of piperidine rings is 1. The first kappa shape index (κ1) is 23.9. The van der Waals surface area contributed by atoms with Gasteiger partial charge in [0.05, 0.1) is 16.4 Å². The third-order valence-electron chi connectivity index (χ3n) is 5.81. The molecule has 0 unspecified atom stereocenters. The van der Waals surface area contributed by atoms with Gasteiger partial charge in [0.2, 0.25) is 15.9 Å². The lowest BCUT2D eigenvalue weighted by molar-refractivity contribution is -0.385. The summed E-state index contributed by atoms with van der Waals surface area (Å²) in [7, 11) is -3.57. The zero-order valence-electron chi connectivity index (χ0n) is 18.6. The average Bonchev–Trinajstić information content (AvgIpc) is 2.83. The molecular weight excluding hydrogens is 462 g/mol. The van der Waals surface area contributed by atoms with Crippen molar-refractivity contribution in [1.82, 2.24) is 9.62 Å². The normalized spacial score (nSPS) is 17.2. The van der Waals surface area contributed by atoms with Crippen LogP contribution in [0.2, 0.25) is 0 Å². The minimum atomic E-state index is -3.57. The highest BCUT2D eigenvalue weighted by molar-refractivity contribution is 7.89. The molecule has 11 heteroatoms. The summed E-state index contributed by atoms with van der Waals surface area (Å²) in [6, 6.07) is 9.31. The van der Waals surface area contributed by atoms with Crippen LogP contribution in [-0.2, 0) is 26.2 Å². The molecule has 10 nitrogen and oxygen atoms in total. The number of nitro benzene ring substituents is 1. The molecule has 1 N–H and O–H groups in total. The molecule has 1 amide bonds. The van der Waals surface area contributed by atoms with Crippen LogP contribution >= 0.6 is 0 Å². The van der Waals surface area contributed by atoms with Gasteiger partial charge in [0, 0.05) is 48.5 Å². The number of hydrogen-bond acceptors (Lipinski definition) is 7. The van der Waals surface area contributed by atoms with E-state index in [0.29, 0.717) is 42.8 Å². The average molecular weight is 488 g/mol. The molecular formula is C23H25N3O7S. The summed E-state index contributed by atoms with van der Waals surface area (Å²) in [5.74, 6) is 0.0858. The van der Waals surface area contributed by atoms with Gasteiger partial charge in [0.25, 0.3) is 5.69 Å². The van der Waals surface area contributed by atoms with Crippen molar-refractivity contribution < 1.29 is 27.6 Å². The maximum absolute atomic E-state index is 12.8. The molecule has 1 saturated heterocycles. The minimum absolute atomic E-state index is 0.0297. The van der Waals surface area contributed by atoms with E-state index in [2.05, 4.69) is 5.32 Å². The predicted molar refractivity (Wildman–Crippen MR) is 124 cm³/mol. The van der Waals surface area contributed by atoms with E-state index in [1.54, 1.807) is 24.3 Å². The molecule has 0 aliphatic carbocycles. The van der Waals surface area contributed by atoms with Crippen molar-refractivity contribution in [3.8, 4) is 5.75 Å². The molecule has 0 atom stereocenters. The van der Waals surface area contributed by atoms with E-state index in [1.165, 1.54) is 28.6 Å². The van der Waals surface area contributed by atoms with Crippen LogP contribution in [0.3, 0.4) is 0 Å². The van der Waals surface area contributed by atoms with Gasteiger partial charge in [-0.3, -0.25) is 14.9 Å². The second kappa shape index (κ2) is 9.92. The van der Waals surface area contributed by atoms with Gasteiger partial charge in [-0.25, -0.2) is 8.42 Å². The third kappa shape index (κ3) is 5.27. The maximum atomic E-state index is 12.8. The number of non-ortho nitro benzene ring substituents is 1. The van der Waals surface area contributed by atoms with Crippen LogP contribution in [0.1, 0.15) is 29.5 Å². The van der Waals surface area contributed by atoms with E-state index < -0.39 is 14.9 Å². The Labute approximate surface area is 197 Å². The van der Waals surface area contributed by atoms with Crippen molar-refractivity contribution in [2.75, 3.05) is 19.9 Å². The van der Waals surface area contributed by atoms with E-state index >= 15 is 0 Å². The Morgan fingerprint density at radius 3 is 2.59 bits per heavy atom. The van der Waals surface area contributed by atoms with Crippen LogP contribution in [-0.4, -0.2) is 49.5 Å². The molecule has 0 aromatic heterocycles. The van der Waals surface area contributed by atoms with Crippen LogP contribution in [0.5, 0.6) is 5.75 Å². The fourth-order valence-electron chi connectivity index (χ4n) is 3.98. The molecule has 2 aliphatic heterocycles. The second-order valence-corrected chi connectivity index (χ2v) is 10.2. The Kier molecular flexibility index (Phi) is 6.96. The van der Waals surface area contributed by atoms with Crippen LogP contribution in [0.15, 0.2) is 47.4 Å². The predicted octanol–water partition coefficient (Wildman–Crippen LogP) is 2.75. The number of rotatable bonds is 6. The number of nitrogens with zero attached hydrogens (tertiary/aromatic N) is 2. The number of carbonyl (C=O) groups excluding carboxylic acids is 1. The molecule has 180 valence electrons. The number of nitro groups is 1. The summed E-state index contributed by atoms with van der Waals surface area (Å²) in [4.78, 5) is 23.4. The van der Waals surface area contributed by atoms with Crippen LogP contribution < -0.4 is 10.1 Å². The number of amides is 1. The molecule has 2 aromatic carbocycles. The summed E-state index contributed by atoms with van der Waals surface area (Å²) in [6.07, 6.45) is 3.74. The van der Waals surface area contributed by atoms with Crippen molar-refractivity contribution in [3.63, 3.8) is 0 Å². The standard InChI is InChI=1S/C23H25N3O7S/c1-16-2-5-21(6-3-16)34(30,31)25-10-8-19(9-11-25)24-22(27)7-4-17-12-20(26(28)29)13-18-14-32-15-33-23(17)18/h2-7,12-13,19H,8-11,14-15H2,1H3,(H,24,27)/b7-4+. The van der Waals surface area contributed by atoms with E-state index in [-0.39, 0.29) is 35.9 Å². The van der Waals surface area contributed by atoms with E-state index in [0.717, 1.165) is 5.56 Å². The fourth-order valence-corrected chi connectivity index (χ4v) is 5.44. The Bertz CT molecular complexity index is 1220. The monoisotopic (exact) mass is 487 g/mol. The molecule has 2 heterocycles. The van der Waals surface area contributed by atoms with Gasteiger partial charge in [-0.2, -0.15) is 4.31 Å². The van der Waals surface area contributed by atoms with Crippen molar-refractivity contribution in [3.05, 3.63) is 69.3 Å². The lowest BCUT2D eigenvalue weighted by atomic mass is 10.1. The third-order valence-corrected chi connectivity index (χ3v) is 7.72. The van der Waals surface area contributed by atoms with Gasteiger partial charge in [0.1, 0.15) is 5.75 Å². The van der Waals surface area contributed by atoms with Crippen molar-refractivity contribution >= 4 is 27.7 Å². The van der Waals surface area contributed by atoms with E-state index in [9.17, 15) is 23.3 Å². The Hall–Kier alpha value is -3.28. The summed E-state index contributed by atoms with van der Waals surface area (Å²) in [6.45, 7) is 2.72. The molecule has 2 aromatic rings. The Morgan fingerprint density at radius 1 is 1.21 bits per heavy atom. The molecule has 4 rings (SSSR count). The number of sulfonamides is 1. The number of nitrogens with one attached hydrogen (secondary N) is 1. The summed E-state index contributed by atoms with van der Waals surface area (Å²) >= 11 is 0. The second-order valence-electron chi connectivity index (χ2n) is 8.22. The summed E-state index contributed by atoms with van der Waals surface area (Å²) in [5, 5.41) is 14.1. The first-order valence-corrected chi connectivity index (χ1v) is 12.3. The van der Waals surface area contributed by atoms with Gasteiger partial charge < -0.3 is 14.8 Å². The number of aryl methyl sites for hydroxylation is 1. The summed E-state index contributed by atoms with van der Waals surface area (Å²) in [5.41, 5.74) is 1.83. The SMILES string of the molecule is Cc1ccc(S(=O)(=O)N2CCC(NC(=O)/C=C/c3cc([N+](=O)[O-])cc4c3OCOC4)CC2)cc1. The van der Waals surface area contributed by atoms with Gasteiger partial charge in [-0.1, -0.05) is 17.7 Å². The highest BCUT2D eigenvalue weighted by Gasteiger charge is 2.29. The number of hydrogen-bond donors (Lipinski definition) is 1. The highest BCUT2D eigenvalue weighted by Crippen LogP contribution is 2.33. The zero-order chi connectivity index (χ0) is 24.3. The topological polar surface area (TPSA) is 128 Å². The first-order valence-electron chi connectivity index (χ1n) is 10.8. The zero-order valence-corrected chi connectivity index (χ0v) is 19.4. The number of benzene rings is 2. The van der Waals surface area contributed by atoms with Crippen LogP contribution in [0.4, 0.5) is 5.69 Å². The molecule has 34 heavy (non-hydrogen) atoms. The van der Waals surface area contributed by atoms with Gasteiger partial charge in [-0.05, 0) is 38.0 Å². The summed E-state index contributed by atoms with van der Waals surface area (Å²) < 4.78 is 37.8. The molecule has 1 fully saturated rings. The van der Waals surface area contributed by atoms with Gasteiger partial charge >= 0.3 is 0 Å². The fraction of sp³-hybridized carbons (Fsp3) is 0.348. The number of ether oxygens (including phenoxy) is 2. The molecule has 0 bridgehead atoms. The smallest absolute Gasteiger partial charge is 0.270 e. The number of carbonyl (C=O) groups is 1. The molecule has 2 aliphatic rings. The highest BCUT2D eigenvalue weighted by atomic mass is 32.2. The van der Waals surface area contributed by atoms with Gasteiger partial charge in [-0.15, -0.1) is 0 Å². The van der Waals surface area contributed by atoms with Crippen LogP contribution in [0.25, 0.3) is 6.08 Å². The first-order chi connectivity index (χ1) is 16.2. The lowest BCUT2D eigenvalue weighted by Gasteiger charge is -2.31. The van der Waals surface area contributed by atoms with Crippen molar-refractivity contribution in [2.45, 2.75) is 37.3 Å². The van der Waals surface area contributed by atoms with Crippen molar-refractivity contribution in [2.24, 2.45) is 0 Å². The van der Waals surface area contributed by atoms with Crippen molar-refractivity contribution in [1.29, 1.82) is 0 Å². The van der Waals surface area contributed by atoms with E-state index in [1.807, 2.05) is 6.92 Å². The van der Waals surface area contributed by atoms with Gasteiger partial charge in [0.15, 0.2) is 6.79 Å². The lowest BCUT2D eigenvalue weighted by Crippen LogP contribution is -2.46. The quantitative estimate of drug-likeness (QED) is 0.377. The van der Waals surface area contributed by atoms with Crippen LogP contribution in [0, 0.1) is 17.0 Å². The number of fused-ring (bicyclic) bond motifs is 1. The van der Waals surface area contributed by atoms with E-state index in [4.69, 9.17) is 9.47 Å². The Morgan fingerprint density at radius 2 is 1.91 bits per heavy atom. The Balaban J connectivity index is 1.37. The molecule has 0 saturated carbocycles. The maximum Gasteiger partial charge on any atom is 0.270 e. The molecule has 0 spiro atoms.